The van der Waals surface area contributed by atoms with Gasteiger partial charge in [0.2, 0.25) is 0 Å². The minimum atomic E-state index is -4.41. The van der Waals surface area contributed by atoms with Gasteiger partial charge in [-0.3, -0.25) is 4.79 Å². The summed E-state index contributed by atoms with van der Waals surface area (Å²) in [5.41, 5.74) is -0.396. The van der Waals surface area contributed by atoms with Crippen molar-refractivity contribution in [2.45, 2.75) is 6.18 Å². The minimum Gasteiger partial charge on any atom is -0.322 e. The molecule has 20 heavy (non-hydrogen) atoms. The van der Waals surface area contributed by atoms with E-state index >= 15 is 0 Å². The van der Waals surface area contributed by atoms with Crippen LogP contribution in [0.2, 0.25) is 5.15 Å². The lowest BCUT2D eigenvalue weighted by atomic mass is 10.2. The molecule has 0 radical (unpaired) electrons. The molecule has 0 unspecified atom stereocenters. The standard InChI is InChI=1S/C13H8ClF3N2O/c14-11-10(2-1-7-18-11)12(20)19-9-5-3-8(4-6-9)13(15,16)17/h1-7H,(H,19,20). The molecule has 0 saturated carbocycles. The molecule has 0 fully saturated rings. The van der Waals surface area contributed by atoms with Gasteiger partial charge in [0.25, 0.3) is 5.91 Å². The van der Waals surface area contributed by atoms with E-state index in [0.717, 1.165) is 12.1 Å². The summed E-state index contributed by atoms with van der Waals surface area (Å²) < 4.78 is 37.2. The van der Waals surface area contributed by atoms with Gasteiger partial charge in [-0.05, 0) is 36.4 Å². The number of pyridine rings is 1. The fourth-order valence-electron chi connectivity index (χ4n) is 1.50. The fraction of sp³-hybridized carbons (Fsp3) is 0.0769. The zero-order chi connectivity index (χ0) is 14.8. The number of rotatable bonds is 2. The van der Waals surface area contributed by atoms with E-state index in [-0.39, 0.29) is 16.4 Å². The number of hydrogen-bond acceptors (Lipinski definition) is 2. The fourth-order valence-corrected chi connectivity index (χ4v) is 1.70. The maximum atomic E-state index is 12.4. The minimum absolute atomic E-state index is 0.0249. The van der Waals surface area contributed by atoms with Gasteiger partial charge >= 0.3 is 6.18 Å². The van der Waals surface area contributed by atoms with Gasteiger partial charge in [0.15, 0.2) is 0 Å². The van der Waals surface area contributed by atoms with E-state index in [4.69, 9.17) is 11.6 Å². The van der Waals surface area contributed by atoms with Crippen LogP contribution in [0.3, 0.4) is 0 Å². The molecule has 0 bridgehead atoms. The summed E-state index contributed by atoms with van der Waals surface area (Å²) in [6, 6.07) is 7.12. The zero-order valence-electron chi connectivity index (χ0n) is 9.91. The molecule has 1 N–H and O–H groups in total. The van der Waals surface area contributed by atoms with E-state index in [9.17, 15) is 18.0 Å². The van der Waals surface area contributed by atoms with E-state index in [2.05, 4.69) is 10.3 Å². The first-order valence-corrected chi connectivity index (χ1v) is 5.85. The van der Waals surface area contributed by atoms with Crippen molar-refractivity contribution >= 4 is 23.2 Å². The Kier molecular flexibility index (Phi) is 3.94. The molecule has 1 amide bonds. The van der Waals surface area contributed by atoms with Gasteiger partial charge in [0, 0.05) is 11.9 Å². The van der Waals surface area contributed by atoms with Crippen LogP contribution in [0, 0.1) is 0 Å². The van der Waals surface area contributed by atoms with Crippen molar-refractivity contribution in [1.29, 1.82) is 0 Å². The van der Waals surface area contributed by atoms with Crippen LogP contribution >= 0.6 is 11.6 Å². The zero-order valence-corrected chi connectivity index (χ0v) is 10.7. The Morgan fingerprint density at radius 2 is 1.80 bits per heavy atom. The maximum absolute atomic E-state index is 12.4. The predicted molar refractivity (Wildman–Crippen MR) is 68.6 cm³/mol. The number of alkyl halides is 3. The van der Waals surface area contributed by atoms with Gasteiger partial charge in [-0.1, -0.05) is 11.6 Å². The Morgan fingerprint density at radius 3 is 2.35 bits per heavy atom. The molecule has 104 valence electrons. The van der Waals surface area contributed by atoms with Crippen molar-refractivity contribution in [2.75, 3.05) is 5.32 Å². The second-order valence-corrected chi connectivity index (χ2v) is 4.23. The molecule has 1 aromatic carbocycles. The van der Waals surface area contributed by atoms with Crippen LogP contribution in [0.1, 0.15) is 15.9 Å². The van der Waals surface area contributed by atoms with Crippen LogP contribution in [-0.4, -0.2) is 10.9 Å². The first-order valence-electron chi connectivity index (χ1n) is 5.47. The average molecular weight is 301 g/mol. The topological polar surface area (TPSA) is 42.0 Å². The van der Waals surface area contributed by atoms with Gasteiger partial charge in [-0.15, -0.1) is 0 Å². The summed E-state index contributed by atoms with van der Waals surface area (Å²) in [5, 5.41) is 2.47. The van der Waals surface area contributed by atoms with Crippen molar-refractivity contribution < 1.29 is 18.0 Å². The second-order valence-electron chi connectivity index (χ2n) is 3.87. The van der Waals surface area contributed by atoms with Gasteiger partial charge in [-0.25, -0.2) is 4.98 Å². The highest BCUT2D eigenvalue weighted by Gasteiger charge is 2.30. The summed E-state index contributed by atoms with van der Waals surface area (Å²) >= 11 is 5.75. The third-order valence-electron chi connectivity index (χ3n) is 2.47. The number of hydrogen-bond donors (Lipinski definition) is 1. The number of carbonyl (C=O) groups excluding carboxylic acids is 1. The van der Waals surface area contributed by atoms with E-state index < -0.39 is 17.6 Å². The molecule has 0 spiro atoms. The Bertz CT molecular complexity index is 626. The molecular formula is C13H8ClF3N2O. The average Bonchev–Trinajstić information content (AvgIpc) is 2.38. The lowest BCUT2D eigenvalue weighted by Gasteiger charge is -2.09. The lowest BCUT2D eigenvalue weighted by Crippen LogP contribution is -2.13. The number of benzene rings is 1. The molecule has 0 aliphatic heterocycles. The maximum Gasteiger partial charge on any atom is 0.416 e. The van der Waals surface area contributed by atoms with Crippen LogP contribution in [0.5, 0.6) is 0 Å². The molecule has 1 heterocycles. The molecule has 2 aromatic rings. The number of nitrogens with zero attached hydrogens (tertiary/aromatic N) is 1. The van der Waals surface area contributed by atoms with E-state index in [1.54, 1.807) is 0 Å². The summed E-state index contributed by atoms with van der Waals surface area (Å²) in [5.74, 6) is -0.539. The van der Waals surface area contributed by atoms with Crippen molar-refractivity contribution in [1.82, 2.24) is 4.98 Å². The Hall–Kier alpha value is -2.08. The smallest absolute Gasteiger partial charge is 0.322 e. The summed E-state index contributed by atoms with van der Waals surface area (Å²) in [6.07, 6.45) is -2.98. The van der Waals surface area contributed by atoms with Crippen LogP contribution in [-0.2, 0) is 6.18 Å². The van der Waals surface area contributed by atoms with Gasteiger partial charge in [-0.2, -0.15) is 13.2 Å². The SMILES string of the molecule is O=C(Nc1ccc(C(F)(F)F)cc1)c1cccnc1Cl. The highest BCUT2D eigenvalue weighted by atomic mass is 35.5. The Morgan fingerprint density at radius 1 is 1.15 bits per heavy atom. The van der Waals surface area contributed by atoms with E-state index in [1.165, 1.54) is 30.5 Å². The Balaban J connectivity index is 2.15. The molecular weight excluding hydrogens is 293 g/mol. The van der Waals surface area contributed by atoms with E-state index in [0.29, 0.717) is 0 Å². The highest BCUT2D eigenvalue weighted by Crippen LogP contribution is 2.29. The second kappa shape index (κ2) is 5.50. The first kappa shape index (κ1) is 14.3. The van der Waals surface area contributed by atoms with E-state index in [1.807, 2.05) is 0 Å². The molecule has 2 rings (SSSR count). The summed E-state index contributed by atoms with van der Waals surface area (Å²) in [6.45, 7) is 0. The normalized spacial score (nSPS) is 11.2. The number of nitrogens with one attached hydrogen (secondary N) is 1. The molecule has 7 heteroatoms. The largest absolute Gasteiger partial charge is 0.416 e. The molecule has 0 aliphatic rings. The van der Waals surface area contributed by atoms with Gasteiger partial charge in [0.05, 0.1) is 11.1 Å². The summed E-state index contributed by atoms with van der Waals surface area (Å²) in [4.78, 5) is 15.6. The monoisotopic (exact) mass is 300 g/mol. The molecule has 0 saturated heterocycles. The highest BCUT2D eigenvalue weighted by molar-refractivity contribution is 6.33. The van der Waals surface area contributed by atoms with Gasteiger partial charge < -0.3 is 5.32 Å². The van der Waals surface area contributed by atoms with Crippen LogP contribution in [0.15, 0.2) is 42.6 Å². The molecule has 3 nitrogen and oxygen atoms in total. The number of carbonyl (C=O) groups is 1. The Labute approximate surface area is 117 Å². The van der Waals surface area contributed by atoms with Crippen LogP contribution in [0.25, 0.3) is 0 Å². The lowest BCUT2D eigenvalue weighted by molar-refractivity contribution is -0.137. The number of halogens is 4. The van der Waals surface area contributed by atoms with Crippen molar-refractivity contribution in [2.24, 2.45) is 0 Å². The van der Waals surface area contributed by atoms with Crippen molar-refractivity contribution in [3.8, 4) is 0 Å². The molecule has 0 aliphatic carbocycles. The van der Waals surface area contributed by atoms with Crippen molar-refractivity contribution in [3.05, 3.63) is 58.9 Å². The molecule has 1 aromatic heterocycles. The number of aromatic nitrogens is 1. The quantitative estimate of drug-likeness (QED) is 0.852. The third-order valence-corrected chi connectivity index (χ3v) is 2.78. The number of anilines is 1. The first-order chi connectivity index (χ1) is 9.38. The number of amides is 1. The van der Waals surface area contributed by atoms with Crippen molar-refractivity contribution in [3.63, 3.8) is 0 Å². The van der Waals surface area contributed by atoms with Gasteiger partial charge in [0.1, 0.15) is 5.15 Å². The molecule has 0 atom stereocenters. The summed E-state index contributed by atoms with van der Waals surface area (Å²) in [7, 11) is 0. The third kappa shape index (κ3) is 3.27. The predicted octanol–water partition coefficient (Wildman–Crippen LogP) is 4.01. The van der Waals surface area contributed by atoms with Crippen LogP contribution < -0.4 is 5.32 Å². The van der Waals surface area contributed by atoms with Crippen LogP contribution in [0.4, 0.5) is 18.9 Å².